The molecule has 3 fully saturated rings. The molecule has 3 aliphatic rings. The van der Waals surface area contributed by atoms with Crippen molar-refractivity contribution in [3.8, 4) is 0 Å². The zero-order valence-electron chi connectivity index (χ0n) is 16.0. The molecular weight excluding hydrogens is 336 g/mol. The number of ether oxygens (including phenoxy) is 2. The van der Waals surface area contributed by atoms with Crippen LogP contribution >= 0.6 is 0 Å². The number of rotatable bonds is 3. The van der Waals surface area contributed by atoms with Crippen molar-refractivity contribution in [2.24, 2.45) is 29.1 Å². The lowest BCUT2D eigenvalue weighted by molar-refractivity contribution is -0.165. The van der Waals surface area contributed by atoms with Gasteiger partial charge in [0.15, 0.2) is 0 Å². The Labute approximate surface area is 154 Å². The van der Waals surface area contributed by atoms with E-state index in [0.717, 1.165) is 0 Å². The summed E-state index contributed by atoms with van der Waals surface area (Å²) in [5.41, 5.74) is -0.591. The van der Waals surface area contributed by atoms with Crippen molar-refractivity contribution in [2.75, 3.05) is 0 Å². The van der Waals surface area contributed by atoms with E-state index in [2.05, 4.69) is 6.58 Å². The topological polar surface area (TPSA) is 93.1 Å². The van der Waals surface area contributed by atoms with E-state index in [0.29, 0.717) is 19.3 Å². The Hall–Kier alpha value is -1.40. The van der Waals surface area contributed by atoms with Crippen LogP contribution in [0.25, 0.3) is 0 Å². The van der Waals surface area contributed by atoms with E-state index in [1.165, 1.54) is 0 Å². The van der Waals surface area contributed by atoms with Crippen LogP contribution in [0.5, 0.6) is 0 Å². The van der Waals surface area contributed by atoms with Gasteiger partial charge in [-0.2, -0.15) is 0 Å². The Bertz CT molecular complexity index is 613. The first-order valence-electron chi connectivity index (χ1n) is 9.52. The van der Waals surface area contributed by atoms with Crippen LogP contribution in [-0.4, -0.2) is 46.6 Å². The minimum absolute atomic E-state index is 0.00662. The zero-order chi connectivity index (χ0) is 19.4. The molecular formula is C20H30O6. The third-order valence-electron chi connectivity index (χ3n) is 6.65. The fourth-order valence-electron chi connectivity index (χ4n) is 5.48. The molecule has 2 aliphatic carbocycles. The summed E-state index contributed by atoms with van der Waals surface area (Å²) >= 11 is 0. The number of hydrogen-bond acceptors (Lipinski definition) is 6. The summed E-state index contributed by atoms with van der Waals surface area (Å²) < 4.78 is 11.2. The molecule has 6 heteroatoms. The minimum atomic E-state index is -0.976. The summed E-state index contributed by atoms with van der Waals surface area (Å²) in [6, 6.07) is 0. The second-order valence-corrected chi connectivity index (χ2v) is 8.92. The van der Waals surface area contributed by atoms with Gasteiger partial charge in [-0.1, -0.05) is 34.3 Å². The summed E-state index contributed by atoms with van der Waals surface area (Å²) in [6.45, 7) is 11.6. The van der Waals surface area contributed by atoms with Gasteiger partial charge in [0.25, 0.3) is 0 Å². The quantitative estimate of drug-likeness (QED) is 0.585. The summed E-state index contributed by atoms with van der Waals surface area (Å²) in [5, 5.41) is 22.0. The number of aliphatic hydroxyl groups is 2. The maximum atomic E-state index is 12.3. The summed E-state index contributed by atoms with van der Waals surface area (Å²) in [6.07, 6.45) is -1.56. The summed E-state index contributed by atoms with van der Waals surface area (Å²) in [4.78, 5) is 24.2. The highest BCUT2D eigenvalue weighted by Crippen LogP contribution is 2.57. The molecule has 3 rings (SSSR count). The number of fused-ring (bicyclic) bond motifs is 2. The van der Waals surface area contributed by atoms with Crippen LogP contribution in [0.1, 0.15) is 47.0 Å². The Morgan fingerprint density at radius 1 is 1.38 bits per heavy atom. The van der Waals surface area contributed by atoms with Gasteiger partial charge in [0.1, 0.15) is 12.2 Å². The van der Waals surface area contributed by atoms with E-state index < -0.39 is 41.7 Å². The van der Waals surface area contributed by atoms with Crippen LogP contribution in [0.2, 0.25) is 0 Å². The lowest BCUT2D eigenvalue weighted by Crippen LogP contribution is -2.50. The Balaban J connectivity index is 1.95. The maximum Gasteiger partial charge on any atom is 0.334 e. The molecule has 2 saturated carbocycles. The van der Waals surface area contributed by atoms with E-state index in [-0.39, 0.29) is 29.3 Å². The van der Waals surface area contributed by atoms with Crippen molar-refractivity contribution >= 4 is 11.9 Å². The smallest absolute Gasteiger partial charge is 0.334 e. The van der Waals surface area contributed by atoms with E-state index in [1.54, 1.807) is 0 Å². The number of hydrogen-bond donors (Lipinski definition) is 2. The van der Waals surface area contributed by atoms with Crippen molar-refractivity contribution in [1.29, 1.82) is 0 Å². The van der Waals surface area contributed by atoms with Crippen molar-refractivity contribution in [2.45, 2.75) is 71.4 Å². The van der Waals surface area contributed by atoms with E-state index >= 15 is 0 Å². The SMILES string of the molecule is C=C1C(=O)OC2CC(C)C3C(O)CC(OC(=O)CC(C)C)C3(C)C(O)C12. The first-order valence-corrected chi connectivity index (χ1v) is 9.52. The number of carbonyl (C=O) groups is 2. The fourth-order valence-corrected chi connectivity index (χ4v) is 5.48. The molecule has 2 N–H and O–H groups in total. The van der Waals surface area contributed by atoms with Crippen LogP contribution in [0.15, 0.2) is 12.2 Å². The average Bonchev–Trinajstić information content (AvgIpc) is 2.89. The van der Waals surface area contributed by atoms with Crippen LogP contribution < -0.4 is 0 Å². The number of carbonyl (C=O) groups excluding carboxylic acids is 2. The minimum Gasteiger partial charge on any atom is -0.462 e. The molecule has 1 aliphatic heterocycles. The predicted molar refractivity (Wildman–Crippen MR) is 93.9 cm³/mol. The highest BCUT2D eigenvalue weighted by Gasteiger charge is 2.65. The highest BCUT2D eigenvalue weighted by molar-refractivity contribution is 5.91. The molecule has 1 saturated heterocycles. The normalized spacial score (nSPS) is 45.1. The van der Waals surface area contributed by atoms with E-state index in [4.69, 9.17) is 9.47 Å². The average molecular weight is 366 g/mol. The van der Waals surface area contributed by atoms with Gasteiger partial charge in [-0.3, -0.25) is 4.79 Å². The van der Waals surface area contributed by atoms with Crippen molar-refractivity contribution in [3.05, 3.63) is 12.2 Å². The lowest BCUT2D eigenvalue weighted by Gasteiger charge is -2.42. The van der Waals surface area contributed by atoms with Crippen molar-refractivity contribution in [3.63, 3.8) is 0 Å². The Morgan fingerprint density at radius 3 is 2.65 bits per heavy atom. The number of esters is 2. The summed E-state index contributed by atoms with van der Waals surface area (Å²) in [5.74, 6) is -1.40. The van der Waals surface area contributed by atoms with Crippen molar-refractivity contribution < 1.29 is 29.3 Å². The number of aliphatic hydroxyl groups excluding tert-OH is 2. The molecule has 0 aromatic rings. The predicted octanol–water partition coefficient (Wildman–Crippen LogP) is 1.83. The van der Waals surface area contributed by atoms with E-state index in [9.17, 15) is 19.8 Å². The van der Waals surface area contributed by atoms with Gasteiger partial charge in [-0.25, -0.2) is 4.79 Å². The highest BCUT2D eigenvalue weighted by atomic mass is 16.6. The molecule has 1 heterocycles. The molecule has 0 amide bonds. The van der Waals surface area contributed by atoms with Gasteiger partial charge in [-0.15, -0.1) is 0 Å². The molecule has 8 unspecified atom stereocenters. The first-order chi connectivity index (χ1) is 12.1. The molecule has 0 aromatic heterocycles. The van der Waals surface area contributed by atoms with Crippen LogP contribution in [-0.2, 0) is 19.1 Å². The van der Waals surface area contributed by atoms with Gasteiger partial charge >= 0.3 is 11.9 Å². The lowest BCUT2D eigenvalue weighted by atomic mass is 9.67. The molecule has 146 valence electrons. The van der Waals surface area contributed by atoms with Crippen LogP contribution in [0, 0.1) is 29.1 Å². The van der Waals surface area contributed by atoms with Crippen molar-refractivity contribution in [1.82, 2.24) is 0 Å². The molecule has 0 aromatic carbocycles. The van der Waals surface area contributed by atoms with Crippen LogP contribution in [0.4, 0.5) is 0 Å². The van der Waals surface area contributed by atoms with Gasteiger partial charge < -0.3 is 19.7 Å². The molecule has 8 atom stereocenters. The monoisotopic (exact) mass is 366 g/mol. The van der Waals surface area contributed by atoms with Gasteiger partial charge in [0, 0.05) is 23.8 Å². The van der Waals surface area contributed by atoms with Gasteiger partial charge in [-0.05, 0) is 24.2 Å². The fraction of sp³-hybridized carbons (Fsp3) is 0.800. The maximum absolute atomic E-state index is 12.3. The van der Waals surface area contributed by atoms with Gasteiger partial charge in [0.2, 0.25) is 0 Å². The van der Waals surface area contributed by atoms with Crippen LogP contribution in [0.3, 0.4) is 0 Å². The van der Waals surface area contributed by atoms with Gasteiger partial charge in [0.05, 0.1) is 18.1 Å². The Morgan fingerprint density at radius 2 is 2.04 bits per heavy atom. The molecule has 0 radical (unpaired) electrons. The summed E-state index contributed by atoms with van der Waals surface area (Å²) in [7, 11) is 0. The molecule has 0 bridgehead atoms. The second kappa shape index (κ2) is 6.64. The third-order valence-corrected chi connectivity index (χ3v) is 6.65. The third kappa shape index (κ3) is 2.87. The Kier molecular flexibility index (Phi) is 4.95. The molecule has 0 spiro atoms. The largest absolute Gasteiger partial charge is 0.462 e. The molecule has 26 heavy (non-hydrogen) atoms. The second-order valence-electron chi connectivity index (χ2n) is 8.92. The standard InChI is InChI=1S/C20H30O6/c1-9(2)6-15(22)26-14-8-12(21)17-10(3)7-13-16(11(4)19(24)25-13)18(23)20(14,17)5/h9-10,12-14,16-18,21,23H,4,6-8H2,1-3,5H3. The molecule has 6 nitrogen and oxygen atoms in total. The van der Waals surface area contributed by atoms with E-state index in [1.807, 2.05) is 27.7 Å². The zero-order valence-corrected chi connectivity index (χ0v) is 16.0. The first kappa shape index (κ1) is 19.4.